The number of Topliss-reactive ketones (excluding diaryl/α,β-unsaturated/α-hetero) is 1. The van der Waals surface area contributed by atoms with Gasteiger partial charge in [0.05, 0.1) is 43.6 Å². The summed E-state index contributed by atoms with van der Waals surface area (Å²) in [7, 11) is -2.79. The van der Waals surface area contributed by atoms with Crippen LogP contribution in [-0.2, 0) is 33.9 Å². The van der Waals surface area contributed by atoms with Gasteiger partial charge in [0.2, 0.25) is 27.7 Å². The Balaban J connectivity index is 1.35. The van der Waals surface area contributed by atoms with Gasteiger partial charge in [-0.2, -0.15) is 0 Å². The van der Waals surface area contributed by atoms with Crippen molar-refractivity contribution in [3.8, 4) is 11.6 Å². The predicted octanol–water partition coefficient (Wildman–Crippen LogP) is 6.26. The lowest BCUT2D eigenvalue weighted by molar-refractivity contribution is -0.161. The summed E-state index contributed by atoms with van der Waals surface area (Å²) in [5.74, 6) is -2.57. The molecular formula is C42H56FN3O9S. The SMILES string of the molecule is CCC(C)(C)OC(=O)C[C@@H]1C(=O)N2C[C@H](Oc3ncc(OC)c4ccccc34)C[C@H]2C(=O)C[C@]2(C(=O)NS(=O)(=O)C3(CF)CC3)C[C@H]2/C=C\CC[C@@H](C)C[C@H]1C. The van der Waals surface area contributed by atoms with E-state index in [2.05, 4.69) is 16.6 Å². The number of sulfonamides is 1. The van der Waals surface area contributed by atoms with Crippen LogP contribution in [0.2, 0.25) is 0 Å². The summed E-state index contributed by atoms with van der Waals surface area (Å²) in [4.78, 5) is 63.0. The van der Waals surface area contributed by atoms with E-state index >= 15 is 0 Å². The molecule has 4 aliphatic rings. The van der Waals surface area contributed by atoms with Crippen LogP contribution in [0.5, 0.6) is 11.6 Å². The Bertz CT molecular complexity index is 1980. The molecule has 3 heterocycles. The maximum Gasteiger partial charge on any atom is 0.307 e. The number of hydrogen-bond acceptors (Lipinski definition) is 10. The number of ketones is 1. The number of carbonyl (C=O) groups is 4. The van der Waals surface area contributed by atoms with Gasteiger partial charge < -0.3 is 19.1 Å². The number of allylic oxidation sites excluding steroid dienone is 2. The predicted molar refractivity (Wildman–Crippen MR) is 208 cm³/mol. The third kappa shape index (κ3) is 8.45. The molecule has 1 N–H and O–H groups in total. The minimum Gasteiger partial charge on any atom is -0.494 e. The zero-order valence-electron chi connectivity index (χ0n) is 33.3. The number of esters is 1. The van der Waals surface area contributed by atoms with Crippen LogP contribution < -0.4 is 14.2 Å². The van der Waals surface area contributed by atoms with Gasteiger partial charge in [-0.05, 0) is 82.6 Å². The first kappa shape index (κ1) is 41.6. The average molecular weight is 798 g/mol. The minimum atomic E-state index is -4.34. The molecule has 3 fully saturated rings. The molecule has 6 rings (SSSR count). The number of amides is 2. The number of aromatic nitrogens is 1. The van der Waals surface area contributed by atoms with Crippen LogP contribution in [0.3, 0.4) is 0 Å². The molecule has 2 amide bonds. The van der Waals surface area contributed by atoms with E-state index in [0.29, 0.717) is 36.3 Å². The third-order valence-corrected chi connectivity index (χ3v) is 14.8. The van der Waals surface area contributed by atoms with Gasteiger partial charge in [0.25, 0.3) is 0 Å². The molecule has 2 aromatic rings. The van der Waals surface area contributed by atoms with Crippen molar-refractivity contribution in [2.75, 3.05) is 20.3 Å². The van der Waals surface area contributed by atoms with Crippen molar-refractivity contribution in [2.24, 2.45) is 29.1 Å². The molecule has 2 aliphatic carbocycles. The molecular weight excluding hydrogens is 742 g/mol. The zero-order valence-corrected chi connectivity index (χ0v) is 34.2. The molecule has 2 saturated carbocycles. The fraction of sp³-hybridized carbons (Fsp3) is 0.643. The Morgan fingerprint density at radius 2 is 1.82 bits per heavy atom. The van der Waals surface area contributed by atoms with Crippen LogP contribution >= 0.6 is 0 Å². The molecule has 1 aromatic heterocycles. The third-order valence-electron chi connectivity index (χ3n) is 12.7. The van der Waals surface area contributed by atoms with E-state index in [4.69, 9.17) is 14.2 Å². The number of rotatable bonds is 11. The number of pyridine rings is 1. The van der Waals surface area contributed by atoms with E-state index in [1.165, 1.54) is 4.90 Å². The van der Waals surface area contributed by atoms with E-state index in [1.54, 1.807) is 13.3 Å². The van der Waals surface area contributed by atoms with Gasteiger partial charge in [0.15, 0.2) is 5.78 Å². The Labute approximate surface area is 329 Å². The first-order valence-electron chi connectivity index (χ1n) is 19.9. The summed E-state index contributed by atoms with van der Waals surface area (Å²) in [6, 6.07) is 6.40. The lowest BCUT2D eigenvalue weighted by atomic mass is 9.82. The van der Waals surface area contributed by atoms with E-state index in [9.17, 15) is 32.0 Å². The van der Waals surface area contributed by atoms with Crippen molar-refractivity contribution in [1.82, 2.24) is 14.6 Å². The Kier molecular flexibility index (Phi) is 11.9. The summed E-state index contributed by atoms with van der Waals surface area (Å²) >= 11 is 0. The summed E-state index contributed by atoms with van der Waals surface area (Å²) in [5.41, 5.74) is -2.11. The van der Waals surface area contributed by atoms with Gasteiger partial charge in [0.1, 0.15) is 28.9 Å². The number of nitrogens with one attached hydrogen (secondary N) is 1. The Hall–Kier alpha value is -4.07. The summed E-state index contributed by atoms with van der Waals surface area (Å²) < 4.78 is 58.7. The smallest absolute Gasteiger partial charge is 0.307 e. The summed E-state index contributed by atoms with van der Waals surface area (Å²) in [6.07, 6.45) is 7.43. The van der Waals surface area contributed by atoms with Gasteiger partial charge in [-0.25, -0.2) is 17.8 Å². The maximum absolute atomic E-state index is 14.9. The lowest BCUT2D eigenvalue weighted by Gasteiger charge is -2.33. The van der Waals surface area contributed by atoms with Crippen LogP contribution in [0.25, 0.3) is 10.8 Å². The zero-order chi connectivity index (χ0) is 40.6. The molecule has 14 heteroatoms. The molecule has 306 valence electrons. The molecule has 0 unspecified atom stereocenters. The maximum atomic E-state index is 14.9. The Morgan fingerprint density at radius 1 is 1.11 bits per heavy atom. The molecule has 7 atom stereocenters. The average Bonchev–Trinajstić information content (AvgIpc) is 4.06. The highest BCUT2D eigenvalue weighted by atomic mass is 32.2. The quantitative estimate of drug-likeness (QED) is 0.203. The van der Waals surface area contributed by atoms with Gasteiger partial charge in [-0.15, -0.1) is 0 Å². The van der Waals surface area contributed by atoms with Crippen LogP contribution in [0, 0.1) is 29.1 Å². The molecule has 0 radical (unpaired) electrons. The largest absolute Gasteiger partial charge is 0.494 e. The summed E-state index contributed by atoms with van der Waals surface area (Å²) in [5, 5.41) is 1.45. The fourth-order valence-electron chi connectivity index (χ4n) is 8.40. The number of halogens is 1. The molecule has 56 heavy (non-hydrogen) atoms. The highest BCUT2D eigenvalue weighted by Gasteiger charge is 2.63. The van der Waals surface area contributed by atoms with E-state index < -0.39 is 74.1 Å². The second-order valence-corrected chi connectivity index (χ2v) is 19.3. The van der Waals surface area contributed by atoms with Crippen molar-refractivity contribution in [3.05, 3.63) is 42.6 Å². The highest BCUT2D eigenvalue weighted by Crippen LogP contribution is 2.58. The van der Waals surface area contributed by atoms with Crippen molar-refractivity contribution in [3.63, 3.8) is 0 Å². The second kappa shape index (κ2) is 16.1. The number of benzene rings is 1. The monoisotopic (exact) mass is 797 g/mol. The molecule has 1 saturated heterocycles. The molecule has 0 bridgehead atoms. The molecule has 12 nitrogen and oxygen atoms in total. The van der Waals surface area contributed by atoms with E-state index in [0.717, 1.165) is 11.8 Å². The number of ether oxygens (including phenoxy) is 3. The van der Waals surface area contributed by atoms with Crippen LogP contribution in [0.1, 0.15) is 98.8 Å². The lowest BCUT2D eigenvalue weighted by Crippen LogP contribution is -2.48. The number of nitrogens with zero attached hydrogens (tertiary/aromatic N) is 2. The number of methoxy groups -OCH3 is 1. The number of fused-ring (bicyclic) bond motifs is 3. The van der Waals surface area contributed by atoms with Crippen molar-refractivity contribution in [2.45, 2.75) is 121 Å². The highest BCUT2D eigenvalue weighted by molar-refractivity contribution is 7.91. The van der Waals surface area contributed by atoms with E-state index in [-0.39, 0.29) is 62.8 Å². The van der Waals surface area contributed by atoms with Crippen molar-refractivity contribution >= 4 is 44.4 Å². The van der Waals surface area contributed by atoms with Gasteiger partial charge in [-0.1, -0.05) is 51.1 Å². The standard InChI is InChI=1S/C42H56FN3O9S/c1-7-40(4,5)55-36(48)20-32-27(3)18-26(2)12-8-9-13-28-21-42(28,39(50)45-56(51,52)41(25-43)16-17-41)22-34(47)33-19-29(24-46(33)38(32)49)54-37-31-15-11-10-14-30(31)35(53-6)23-44-37/h9-11,13-15,23,26-29,32-33H,7-8,12,16-22,24-25H2,1-6H3,(H,45,50)/b13-9-/t26-,27-,28-,29-,32+,33+,42-/m1/s1. The van der Waals surface area contributed by atoms with Crippen LogP contribution in [0.15, 0.2) is 42.6 Å². The molecule has 0 spiro atoms. The van der Waals surface area contributed by atoms with Gasteiger partial charge >= 0.3 is 5.97 Å². The topological polar surface area (TPSA) is 158 Å². The van der Waals surface area contributed by atoms with Crippen molar-refractivity contribution < 1.29 is 46.2 Å². The van der Waals surface area contributed by atoms with Gasteiger partial charge in [-0.3, -0.25) is 23.9 Å². The first-order valence-corrected chi connectivity index (χ1v) is 21.4. The van der Waals surface area contributed by atoms with E-state index in [1.807, 2.05) is 64.1 Å². The number of carbonyl (C=O) groups excluding carboxylic acids is 4. The number of hydrogen-bond donors (Lipinski definition) is 1. The van der Waals surface area contributed by atoms with Gasteiger partial charge in [0, 0.05) is 23.6 Å². The Morgan fingerprint density at radius 3 is 2.48 bits per heavy atom. The second-order valence-electron chi connectivity index (χ2n) is 17.2. The first-order chi connectivity index (χ1) is 26.5. The van der Waals surface area contributed by atoms with Crippen LogP contribution in [0.4, 0.5) is 4.39 Å². The summed E-state index contributed by atoms with van der Waals surface area (Å²) in [6.45, 7) is 8.52. The van der Waals surface area contributed by atoms with Crippen molar-refractivity contribution in [1.29, 1.82) is 0 Å². The normalized spacial score (nSPS) is 29.9. The molecule has 2 aliphatic heterocycles. The minimum absolute atomic E-state index is 0.0154. The fourth-order valence-corrected chi connectivity index (χ4v) is 9.84. The number of alkyl halides is 1. The molecule has 1 aromatic carbocycles. The van der Waals surface area contributed by atoms with Crippen LogP contribution in [-0.4, -0.2) is 84.7 Å².